The summed E-state index contributed by atoms with van der Waals surface area (Å²) in [5.74, 6) is -5.61. The molecule has 0 spiro atoms. The van der Waals surface area contributed by atoms with Gasteiger partial charge in [0.15, 0.2) is 0 Å². The van der Waals surface area contributed by atoms with Gasteiger partial charge in [-0.05, 0) is 12.8 Å². The van der Waals surface area contributed by atoms with Crippen molar-refractivity contribution < 1.29 is 22.0 Å². The lowest BCUT2D eigenvalue weighted by molar-refractivity contribution is -0.0936. The van der Waals surface area contributed by atoms with E-state index in [-0.39, 0.29) is 6.54 Å². The minimum Gasteiger partial charge on any atom is -0.394 e. The van der Waals surface area contributed by atoms with Gasteiger partial charge >= 0.3 is 6.18 Å². The molecule has 0 heterocycles. The summed E-state index contributed by atoms with van der Waals surface area (Å²) in [5.41, 5.74) is 2.14. The topological polar surface area (TPSA) is 38.4 Å². The first-order valence-corrected chi connectivity index (χ1v) is 5.55. The lowest BCUT2D eigenvalue weighted by atomic mass is 9.95. The molecule has 1 saturated carbocycles. The van der Waals surface area contributed by atoms with E-state index in [0.717, 1.165) is 0 Å². The van der Waals surface area contributed by atoms with E-state index in [9.17, 15) is 22.0 Å². The standard InChI is InChI=1S/C11H15F5N2/c1-4-18-9-7(8(17)11(14,15)16)5(2)6(3)10(9,12)13/h5-6H,4,17H2,1-3H3. The molecule has 2 unspecified atom stereocenters. The average molecular weight is 270 g/mol. The molecule has 1 aliphatic carbocycles. The number of halogens is 5. The second-order valence-corrected chi connectivity index (χ2v) is 4.35. The molecule has 2 N–H and O–H groups in total. The molecule has 0 radical (unpaired) electrons. The number of hydrogen-bond acceptors (Lipinski definition) is 2. The molecule has 1 rings (SSSR count). The van der Waals surface area contributed by atoms with Crippen LogP contribution < -0.4 is 5.73 Å². The Labute approximate surface area is 102 Å². The van der Waals surface area contributed by atoms with E-state index in [2.05, 4.69) is 4.99 Å². The van der Waals surface area contributed by atoms with Crippen molar-refractivity contribution in [2.45, 2.75) is 32.9 Å². The number of allylic oxidation sites excluding steroid dienone is 2. The maximum Gasteiger partial charge on any atom is 0.431 e. The summed E-state index contributed by atoms with van der Waals surface area (Å²) in [5, 5.41) is 0. The smallest absolute Gasteiger partial charge is 0.394 e. The first-order chi connectivity index (χ1) is 8.05. The van der Waals surface area contributed by atoms with E-state index >= 15 is 0 Å². The molecule has 0 bridgehead atoms. The van der Waals surface area contributed by atoms with Crippen LogP contribution in [-0.2, 0) is 0 Å². The normalized spacial score (nSPS) is 33.0. The molecular formula is C11H15F5N2. The van der Waals surface area contributed by atoms with Gasteiger partial charge in [-0.2, -0.15) is 22.0 Å². The van der Waals surface area contributed by atoms with Crippen LogP contribution >= 0.6 is 0 Å². The third kappa shape index (κ3) is 2.22. The highest BCUT2D eigenvalue weighted by atomic mass is 19.4. The summed E-state index contributed by atoms with van der Waals surface area (Å²) in [7, 11) is 0. The van der Waals surface area contributed by atoms with E-state index in [1.807, 2.05) is 0 Å². The Hall–Kier alpha value is -1.14. The van der Waals surface area contributed by atoms with Gasteiger partial charge < -0.3 is 5.73 Å². The van der Waals surface area contributed by atoms with Crippen molar-refractivity contribution in [2.75, 3.05) is 6.54 Å². The van der Waals surface area contributed by atoms with Crippen molar-refractivity contribution in [1.29, 1.82) is 0 Å². The second kappa shape index (κ2) is 4.51. The third-order valence-electron chi connectivity index (χ3n) is 3.26. The molecule has 0 amide bonds. The lowest BCUT2D eigenvalue weighted by Crippen LogP contribution is -2.31. The van der Waals surface area contributed by atoms with Crippen molar-refractivity contribution >= 4 is 5.71 Å². The Morgan fingerprint density at radius 2 is 1.83 bits per heavy atom. The number of nitrogens with zero attached hydrogens (tertiary/aromatic N) is 1. The highest BCUT2D eigenvalue weighted by molar-refractivity contribution is 6.08. The van der Waals surface area contributed by atoms with Crippen molar-refractivity contribution in [3.63, 3.8) is 0 Å². The summed E-state index contributed by atoms with van der Waals surface area (Å²) >= 11 is 0. The van der Waals surface area contributed by atoms with Crippen molar-refractivity contribution in [3.05, 3.63) is 11.3 Å². The van der Waals surface area contributed by atoms with Gasteiger partial charge in [-0.1, -0.05) is 13.8 Å². The molecule has 18 heavy (non-hydrogen) atoms. The summed E-state index contributed by atoms with van der Waals surface area (Å²) in [6.07, 6.45) is -4.82. The Morgan fingerprint density at radius 3 is 2.22 bits per heavy atom. The van der Waals surface area contributed by atoms with Crippen molar-refractivity contribution in [1.82, 2.24) is 0 Å². The zero-order chi connectivity index (χ0) is 14.3. The number of aliphatic imine (C=N–C) groups is 1. The average Bonchev–Trinajstić information content (AvgIpc) is 2.39. The van der Waals surface area contributed by atoms with Crippen LogP contribution in [0.1, 0.15) is 20.8 Å². The Morgan fingerprint density at radius 1 is 1.33 bits per heavy atom. The predicted octanol–water partition coefficient (Wildman–Crippen LogP) is 3.14. The van der Waals surface area contributed by atoms with Gasteiger partial charge in [-0.15, -0.1) is 0 Å². The zero-order valence-corrected chi connectivity index (χ0v) is 10.3. The fourth-order valence-electron chi connectivity index (χ4n) is 2.05. The molecule has 7 heteroatoms. The largest absolute Gasteiger partial charge is 0.431 e. The molecule has 0 saturated heterocycles. The minimum absolute atomic E-state index is 0.0149. The quantitative estimate of drug-likeness (QED) is 0.730. The maximum absolute atomic E-state index is 13.9. The molecule has 0 aliphatic heterocycles. The van der Waals surface area contributed by atoms with E-state index in [0.29, 0.717) is 0 Å². The second-order valence-electron chi connectivity index (χ2n) is 4.35. The Kier molecular flexibility index (Phi) is 3.74. The van der Waals surface area contributed by atoms with Gasteiger partial charge in [0.05, 0.1) is 0 Å². The SMILES string of the molecule is CCN=C1C(=C(N)C(F)(F)F)C(C)C(C)C1(F)F. The summed E-state index contributed by atoms with van der Waals surface area (Å²) in [6.45, 7) is 3.98. The van der Waals surface area contributed by atoms with Crippen molar-refractivity contribution in [2.24, 2.45) is 22.6 Å². The number of nitrogens with two attached hydrogens (primary N) is 1. The van der Waals surface area contributed by atoms with Crippen LogP contribution in [0.25, 0.3) is 0 Å². The van der Waals surface area contributed by atoms with Gasteiger partial charge in [0.2, 0.25) is 0 Å². The molecule has 2 atom stereocenters. The molecule has 0 aromatic rings. The van der Waals surface area contributed by atoms with Gasteiger partial charge in [-0.3, -0.25) is 4.99 Å². The molecule has 1 aliphatic rings. The van der Waals surface area contributed by atoms with Crippen LogP contribution in [0.5, 0.6) is 0 Å². The van der Waals surface area contributed by atoms with Crippen LogP contribution in [0.4, 0.5) is 22.0 Å². The van der Waals surface area contributed by atoms with Gasteiger partial charge in [-0.25, -0.2) is 0 Å². The lowest BCUT2D eigenvalue weighted by Gasteiger charge is -2.16. The van der Waals surface area contributed by atoms with Crippen LogP contribution in [0.15, 0.2) is 16.3 Å². The van der Waals surface area contributed by atoms with Crippen LogP contribution in [0.2, 0.25) is 0 Å². The first kappa shape index (κ1) is 14.9. The maximum atomic E-state index is 13.9. The first-order valence-electron chi connectivity index (χ1n) is 5.55. The Balaban J connectivity index is 3.48. The van der Waals surface area contributed by atoms with Crippen LogP contribution in [-0.4, -0.2) is 24.4 Å². The molecule has 104 valence electrons. The van der Waals surface area contributed by atoms with Crippen LogP contribution in [0, 0.1) is 11.8 Å². The molecule has 2 nitrogen and oxygen atoms in total. The molecule has 1 fully saturated rings. The fourth-order valence-corrected chi connectivity index (χ4v) is 2.05. The van der Waals surface area contributed by atoms with E-state index in [1.54, 1.807) is 0 Å². The van der Waals surface area contributed by atoms with Gasteiger partial charge in [0, 0.05) is 18.0 Å². The van der Waals surface area contributed by atoms with E-state index in [4.69, 9.17) is 5.73 Å². The van der Waals surface area contributed by atoms with Gasteiger partial charge in [0.25, 0.3) is 5.92 Å². The molecule has 0 aromatic heterocycles. The zero-order valence-electron chi connectivity index (χ0n) is 10.3. The van der Waals surface area contributed by atoms with Crippen LogP contribution in [0.3, 0.4) is 0 Å². The molecular weight excluding hydrogens is 255 g/mol. The minimum atomic E-state index is -4.82. The number of rotatable bonds is 1. The van der Waals surface area contributed by atoms with Gasteiger partial charge in [0.1, 0.15) is 11.4 Å². The highest BCUT2D eigenvalue weighted by Crippen LogP contribution is 2.47. The van der Waals surface area contributed by atoms with Crippen molar-refractivity contribution in [3.8, 4) is 0 Å². The third-order valence-corrected chi connectivity index (χ3v) is 3.26. The van der Waals surface area contributed by atoms with E-state index < -0.39 is 40.9 Å². The summed E-state index contributed by atoms with van der Waals surface area (Å²) < 4.78 is 65.5. The summed E-state index contributed by atoms with van der Waals surface area (Å²) in [4.78, 5) is 3.52. The number of hydrogen-bond donors (Lipinski definition) is 1. The predicted molar refractivity (Wildman–Crippen MR) is 58.5 cm³/mol. The molecule has 0 aromatic carbocycles. The van der Waals surface area contributed by atoms with E-state index in [1.165, 1.54) is 20.8 Å². The summed E-state index contributed by atoms with van der Waals surface area (Å²) in [6, 6.07) is 0. The monoisotopic (exact) mass is 270 g/mol. The number of alkyl halides is 5. The Bertz CT molecular complexity index is 395. The fraction of sp³-hybridized carbons (Fsp3) is 0.727. The highest BCUT2D eigenvalue weighted by Gasteiger charge is 2.56.